The smallest absolute Gasteiger partial charge is 0.413 e. The number of carbonyl (C=O) groups is 2. The molecule has 1 rings (SSSR count). The summed E-state index contributed by atoms with van der Waals surface area (Å²) in [5.74, 6) is -0.709. The third-order valence-corrected chi connectivity index (χ3v) is 3.77. The maximum absolute atomic E-state index is 13.4. The Morgan fingerprint density at radius 3 is 2.30 bits per heavy atom. The lowest BCUT2D eigenvalue weighted by Gasteiger charge is -2.34. The fraction of sp³-hybridized carbons (Fsp3) is 0.778. The molecule has 0 aromatic carbocycles. The number of allylic oxidation sites excluding steroid dienone is 1. The van der Waals surface area contributed by atoms with Gasteiger partial charge in [-0.1, -0.05) is 6.08 Å². The summed E-state index contributed by atoms with van der Waals surface area (Å²) in [7, 11) is 0. The molecule has 0 aromatic heterocycles. The molecular formula is C18H28F3NO5. The zero-order chi connectivity index (χ0) is 21.0. The second-order valence-corrected chi connectivity index (χ2v) is 7.67. The number of esters is 1. The SMILES string of the molecule is CCOC(=O)CC/C(=C/[C@@H]1COC(C)(C)N1C(=O)OC(C)(C)C)C(F)(F)F. The van der Waals surface area contributed by atoms with Crippen LogP contribution in [0.15, 0.2) is 11.6 Å². The van der Waals surface area contributed by atoms with Crippen LogP contribution in [-0.4, -0.2) is 53.7 Å². The Morgan fingerprint density at radius 1 is 1.22 bits per heavy atom. The van der Waals surface area contributed by atoms with Crippen molar-refractivity contribution in [3.63, 3.8) is 0 Å². The van der Waals surface area contributed by atoms with E-state index in [1.807, 2.05) is 0 Å². The molecule has 0 radical (unpaired) electrons. The lowest BCUT2D eigenvalue weighted by Crippen LogP contribution is -2.49. The number of amides is 1. The highest BCUT2D eigenvalue weighted by Crippen LogP contribution is 2.35. The molecule has 1 amide bonds. The van der Waals surface area contributed by atoms with E-state index in [-0.39, 0.29) is 13.2 Å². The molecule has 0 aliphatic carbocycles. The summed E-state index contributed by atoms with van der Waals surface area (Å²) in [5, 5.41) is 0. The van der Waals surface area contributed by atoms with Crippen molar-refractivity contribution in [3.05, 3.63) is 11.6 Å². The first-order chi connectivity index (χ1) is 12.2. The summed E-state index contributed by atoms with van der Waals surface area (Å²) in [6.07, 6.45) is -5.42. The van der Waals surface area contributed by atoms with E-state index in [9.17, 15) is 22.8 Å². The van der Waals surface area contributed by atoms with Crippen LogP contribution in [0.4, 0.5) is 18.0 Å². The number of halogens is 3. The van der Waals surface area contributed by atoms with Gasteiger partial charge in [-0.3, -0.25) is 9.69 Å². The van der Waals surface area contributed by atoms with Crippen LogP contribution < -0.4 is 0 Å². The number of ether oxygens (including phenoxy) is 3. The van der Waals surface area contributed by atoms with Crippen molar-refractivity contribution < 1.29 is 37.0 Å². The van der Waals surface area contributed by atoms with Crippen molar-refractivity contribution in [3.8, 4) is 0 Å². The van der Waals surface area contributed by atoms with Gasteiger partial charge in [0.15, 0.2) is 0 Å². The Labute approximate surface area is 157 Å². The van der Waals surface area contributed by atoms with E-state index in [0.29, 0.717) is 0 Å². The first-order valence-corrected chi connectivity index (χ1v) is 8.77. The summed E-state index contributed by atoms with van der Waals surface area (Å²) in [4.78, 5) is 25.1. The Balaban J connectivity index is 3.08. The molecule has 156 valence electrons. The predicted octanol–water partition coefficient (Wildman–Crippen LogP) is 4.19. The van der Waals surface area contributed by atoms with Crippen molar-refractivity contribution in [2.24, 2.45) is 0 Å². The highest BCUT2D eigenvalue weighted by Gasteiger charge is 2.46. The molecule has 1 atom stereocenters. The molecule has 27 heavy (non-hydrogen) atoms. The maximum Gasteiger partial charge on any atom is 0.413 e. The number of carbonyl (C=O) groups excluding carboxylic acids is 2. The van der Waals surface area contributed by atoms with E-state index in [4.69, 9.17) is 9.47 Å². The average Bonchev–Trinajstić information content (AvgIpc) is 2.75. The molecule has 1 aliphatic rings. The van der Waals surface area contributed by atoms with Crippen LogP contribution in [0, 0.1) is 0 Å². The predicted molar refractivity (Wildman–Crippen MR) is 91.9 cm³/mol. The standard InChI is InChI=1S/C18H28F3NO5/c1-7-25-14(23)9-8-12(18(19,20)21)10-13-11-26-17(5,6)22(13)15(24)27-16(2,3)4/h10,13H,7-9,11H2,1-6H3/b12-10-/t13-/m1/s1. The molecule has 0 N–H and O–H groups in total. The van der Waals surface area contributed by atoms with E-state index in [1.165, 1.54) is 0 Å². The second-order valence-electron chi connectivity index (χ2n) is 7.67. The summed E-state index contributed by atoms with van der Waals surface area (Å²) >= 11 is 0. The largest absolute Gasteiger partial charge is 0.466 e. The van der Waals surface area contributed by atoms with Crippen molar-refractivity contribution in [2.75, 3.05) is 13.2 Å². The molecule has 1 aliphatic heterocycles. The Hall–Kier alpha value is -1.77. The van der Waals surface area contributed by atoms with Gasteiger partial charge in [0.2, 0.25) is 0 Å². The number of rotatable bonds is 5. The lowest BCUT2D eigenvalue weighted by molar-refractivity contribution is -0.143. The molecule has 0 spiro atoms. The van der Waals surface area contributed by atoms with Crippen LogP contribution in [0.3, 0.4) is 0 Å². The minimum Gasteiger partial charge on any atom is -0.466 e. The van der Waals surface area contributed by atoms with Gasteiger partial charge in [-0.25, -0.2) is 4.79 Å². The zero-order valence-corrected chi connectivity index (χ0v) is 16.6. The average molecular weight is 395 g/mol. The minimum atomic E-state index is -4.64. The van der Waals surface area contributed by atoms with E-state index in [2.05, 4.69) is 4.74 Å². The van der Waals surface area contributed by atoms with Gasteiger partial charge in [0.25, 0.3) is 0 Å². The van der Waals surface area contributed by atoms with Crippen molar-refractivity contribution in [2.45, 2.75) is 77.9 Å². The third kappa shape index (κ3) is 7.04. The monoisotopic (exact) mass is 395 g/mol. The zero-order valence-electron chi connectivity index (χ0n) is 16.6. The molecule has 0 saturated carbocycles. The van der Waals surface area contributed by atoms with Crippen molar-refractivity contribution in [1.29, 1.82) is 0 Å². The van der Waals surface area contributed by atoms with E-state index < -0.39 is 54.0 Å². The number of alkyl halides is 3. The van der Waals surface area contributed by atoms with Gasteiger partial charge in [0.05, 0.1) is 19.3 Å². The molecule has 0 bridgehead atoms. The Bertz CT molecular complexity index is 579. The van der Waals surface area contributed by atoms with Crippen LogP contribution in [0.2, 0.25) is 0 Å². The topological polar surface area (TPSA) is 65.1 Å². The highest BCUT2D eigenvalue weighted by atomic mass is 19.4. The first kappa shape index (κ1) is 23.3. The molecule has 0 aromatic rings. The van der Waals surface area contributed by atoms with Crippen molar-refractivity contribution in [1.82, 2.24) is 4.90 Å². The van der Waals surface area contributed by atoms with E-state index in [1.54, 1.807) is 41.5 Å². The molecule has 1 heterocycles. The molecule has 6 nitrogen and oxygen atoms in total. The summed E-state index contributed by atoms with van der Waals surface area (Å²) in [6.45, 7) is 9.73. The van der Waals surface area contributed by atoms with Gasteiger partial charge in [-0.15, -0.1) is 0 Å². The van der Waals surface area contributed by atoms with Crippen molar-refractivity contribution >= 4 is 12.1 Å². The number of hydrogen-bond donors (Lipinski definition) is 0. The van der Waals surface area contributed by atoms with Crippen LogP contribution in [-0.2, 0) is 19.0 Å². The van der Waals surface area contributed by atoms with Gasteiger partial charge in [-0.2, -0.15) is 13.2 Å². The normalized spacial score (nSPS) is 20.6. The summed E-state index contributed by atoms with van der Waals surface area (Å²) in [6, 6.07) is -0.964. The van der Waals surface area contributed by atoms with Gasteiger partial charge >= 0.3 is 18.2 Å². The van der Waals surface area contributed by atoms with Crippen LogP contribution in [0.25, 0.3) is 0 Å². The first-order valence-electron chi connectivity index (χ1n) is 8.77. The Morgan fingerprint density at radius 2 is 1.81 bits per heavy atom. The van der Waals surface area contributed by atoms with Gasteiger partial charge in [-0.05, 0) is 48.0 Å². The van der Waals surface area contributed by atoms with Crippen LogP contribution in [0.1, 0.15) is 54.4 Å². The van der Waals surface area contributed by atoms with E-state index >= 15 is 0 Å². The fourth-order valence-electron chi connectivity index (χ4n) is 2.64. The molecule has 1 saturated heterocycles. The molecule has 9 heteroatoms. The fourth-order valence-corrected chi connectivity index (χ4v) is 2.64. The maximum atomic E-state index is 13.4. The number of hydrogen-bond acceptors (Lipinski definition) is 5. The van der Waals surface area contributed by atoms with E-state index in [0.717, 1.165) is 11.0 Å². The molecule has 1 fully saturated rings. The highest BCUT2D eigenvalue weighted by molar-refractivity contribution is 5.70. The summed E-state index contributed by atoms with van der Waals surface area (Å²) < 4.78 is 55.7. The summed E-state index contributed by atoms with van der Waals surface area (Å²) in [5.41, 5.74) is -2.84. The minimum absolute atomic E-state index is 0.0982. The van der Waals surface area contributed by atoms with Crippen LogP contribution >= 0.6 is 0 Å². The van der Waals surface area contributed by atoms with Gasteiger partial charge in [0, 0.05) is 12.0 Å². The lowest BCUT2D eigenvalue weighted by atomic mass is 10.1. The van der Waals surface area contributed by atoms with Gasteiger partial charge in [0.1, 0.15) is 11.3 Å². The second kappa shape index (κ2) is 8.50. The van der Waals surface area contributed by atoms with Crippen LogP contribution in [0.5, 0.6) is 0 Å². The number of nitrogens with zero attached hydrogens (tertiary/aromatic N) is 1. The Kier molecular flexibility index (Phi) is 7.32. The molecule has 0 unspecified atom stereocenters. The molecular weight excluding hydrogens is 367 g/mol. The quantitative estimate of drug-likeness (QED) is 0.516. The van der Waals surface area contributed by atoms with Gasteiger partial charge < -0.3 is 14.2 Å². The third-order valence-electron chi connectivity index (χ3n) is 3.77.